The standard InChI is InChI=1S/C13H18F2N2OS/c1-8(2)9(3)16-13(18)17-10-6-4-5-7-11(10)19-12(14)15/h4-9,12H,1-3H3,(H2,16,17,18)/t9-/m1/s1. The van der Waals surface area contributed by atoms with E-state index in [0.29, 0.717) is 28.3 Å². The van der Waals surface area contributed by atoms with Gasteiger partial charge in [-0.1, -0.05) is 37.7 Å². The molecule has 1 aromatic rings. The van der Waals surface area contributed by atoms with Gasteiger partial charge in [-0.25, -0.2) is 4.79 Å². The zero-order valence-electron chi connectivity index (χ0n) is 11.1. The molecule has 0 heterocycles. The van der Waals surface area contributed by atoms with E-state index >= 15 is 0 Å². The van der Waals surface area contributed by atoms with Crippen LogP contribution in [0.2, 0.25) is 0 Å². The van der Waals surface area contributed by atoms with Gasteiger partial charge in [-0.05, 0) is 25.0 Å². The SMILES string of the molecule is CC(C)[C@@H](C)NC(=O)Nc1ccccc1SC(F)F. The minimum Gasteiger partial charge on any atom is -0.335 e. The lowest BCUT2D eigenvalue weighted by Crippen LogP contribution is -2.39. The van der Waals surface area contributed by atoms with Crippen LogP contribution in [0.5, 0.6) is 0 Å². The van der Waals surface area contributed by atoms with Crippen LogP contribution in [0.3, 0.4) is 0 Å². The van der Waals surface area contributed by atoms with E-state index in [-0.39, 0.29) is 12.1 Å². The lowest BCUT2D eigenvalue weighted by Gasteiger charge is -2.18. The Bertz CT molecular complexity index is 427. The zero-order valence-corrected chi connectivity index (χ0v) is 11.9. The van der Waals surface area contributed by atoms with Crippen LogP contribution in [0.4, 0.5) is 19.3 Å². The highest BCUT2D eigenvalue weighted by molar-refractivity contribution is 7.99. The van der Waals surface area contributed by atoms with E-state index < -0.39 is 5.76 Å². The molecule has 2 amide bonds. The first-order valence-corrected chi connectivity index (χ1v) is 6.89. The molecule has 19 heavy (non-hydrogen) atoms. The van der Waals surface area contributed by atoms with Gasteiger partial charge in [-0.2, -0.15) is 8.78 Å². The van der Waals surface area contributed by atoms with E-state index in [1.165, 1.54) is 0 Å². The molecule has 0 saturated heterocycles. The third kappa shape index (κ3) is 5.46. The number of amides is 2. The van der Waals surface area contributed by atoms with Crippen LogP contribution < -0.4 is 10.6 Å². The molecule has 0 aromatic heterocycles. The second kappa shape index (κ2) is 7.33. The first-order chi connectivity index (χ1) is 8.90. The largest absolute Gasteiger partial charge is 0.335 e. The first-order valence-electron chi connectivity index (χ1n) is 6.01. The number of urea groups is 1. The smallest absolute Gasteiger partial charge is 0.319 e. The lowest BCUT2D eigenvalue weighted by molar-refractivity contribution is 0.245. The van der Waals surface area contributed by atoms with Gasteiger partial charge in [0.25, 0.3) is 5.76 Å². The average molecular weight is 288 g/mol. The molecular formula is C13H18F2N2OS. The topological polar surface area (TPSA) is 41.1 Å². The van der Waals surface area contributed by atoms with Crippen molar-refractivity contribution >= 4 is 23.5 Å². The monoisotopic (exact) mass is 288 g/mol. The second-order valence-corrected chi connectivity index (χ2v) is 5.54. The van der Waals surface area contributed by atoms with Crippen LogP contribution in [-0.2, 0) is 0 Å². The quantitative estimate of drug-likeness (QED) is 0.798. The number of rotatable bonds is 5. The fourth-order valence-electron chi connectivity index (χ4n) is 1.30. The Balaban J connectivity index is 2.68. The van der Waals surface area contributed by atoms with Crippen molar-refractivity contribution in [3.8, 4) is 0 Å². The highest BCUT2D eigenvalue weighted by Gasteiger charge is 2.14. The summed E-state index contributed by atoms with van der Waals surface area (Å²) in [7, 11) is 0. The average Bonchev–Trinajstić information content (AvgIpc) is 2.30. The van der Waals surface area contributed by atoms with Crippen molar-refractivity contribution in [3.05, 3.63) is 24.3 Å². The predicted octanol–water partition coefficient (Wildman–Crippen LogP) is 4.17. The van der Waals surface area contributed by atoms with Crippen molar-refractivity contribution in [1.29, 1.82) is 0 Å². The van der Waals surface area contributed by atoms with E-state index in [1.54, 1.807) is 24.3 Å². The molecule has 1 aromatic carbocycles. The Morgan fingerprint density at radius 1 is 1.21 bits per heavy atom. The summed E-state index contributed by atoms with van der Waals surface area (Å²) in [5, 5.41) is 5.36. The number of anilines is 1. The summed E-state index contributed by atoms with van der Waals surface area (Å²) < 4.78 is 24.8. The summed E-state index contributed by atoms with van der Waals surface area (Å²) in [5.41, 5.74) is 0.390. The fourth-order valence-corrected chi connectivity index (χ4v) is 1.90. The van der Waals surface area contributed by atoms with Crippen LogP contribution in [0.25, 0.3) is 0 Å². The number of alkyl halides is 2. The molecular weight excluding hydrogens is 270 g/mol. The molecule has 0 unspecified atom stereocenters. The highest BCUT2D eigenvalue weighted by atomic mass is 32.2. The second-order valence-electron chi connectivity index (χ2n) is 4.51. The molecule has 0 radical (unpaired) electrons. The van der Waals surface area contributed by atoms with E-state index in [2.05, 4.69) is 10.6 Å². The van der Waals surface area contributed by atoms with Gasteiger partial charge in [0.2, 0.25) is 0 Å². The number of carbonyl (C=O) groups is 1. The Labute approximate surface area is 116 Å². The Hall–Kier alpha value is -1.30. The molecule has 1 rings (SSSR count). The van der Waals surface area contributed by atoms with Crippen molar-refractivity contribution in [3.63, 3.8) is 0 Å². The van der Waals surface area contributed by atoms with Gasteiger partial charge in [0.1, 0.15) is 0 Å². The molecule has 0 aliphatic carbocycles. The van der Waals surface area contributed by atoms with E-state index in [9.17, 15) is 13.6 Å². The molecule has 2 N–H and O–H groups in total. The fraction of sp³-hybridized carbons (Fsp3) is 0.462. The van der Waals surface area contributed by atoms with Gasteiger partial charge in [-0.15, -0.1) is 0 Å². The molecule has 0 spiro atoms. The van der Waals surface area contributed by atoms with Crippen LogP contribution in [0, 0.1) is 5.92 Å². The van der Waals surface area contributed by atoms with E-state index in [4.69, 9.17) is 0 Å². The predicted molar refractivity (Wildman–Crippen MR) is 74.8 cm³/mol. The number of halogens is 2. The lowest BCUT2D eigenvalue weighted by atomic mass is 10.1. The molecule has 1 atom stereocenters. The van der Waals surface area contributed by atoms with Crippen molar-refractivity contribution in [2.75, 3.05) is 5.32 Å². The number of hydrogen-bond acceptors (Lipinski definition) is 2. The number of para-hydroxylation sites is 1. The zero-order chi connectivity index (χ0) is 14.4. The van der Waals surface area contributed by atoms with Crippen LogP contribution in [0.1, 0.15) is 20.8 Å². The number of benzene rings is 1. The number of hydrogen-bond donors (Lipinski definition) is 2. The van der Waals surface area contributed by atoms with Gasteiger partial charge in [0, 0.05) is 10.9 Å². The molecule has 0 saturated carbocycles. The van der Waals surface area contributed by atoms with Crippen LogP contribution >= 0.6 is 11.8 Å². The van der Waals surface area contributed by atoms with Crippen molar-refractivity contribution in [2.45, 2.75) is 37.5 Å². The molecule has 106 valence electrons. The number of thioether (sulfide) groups is 1. The summed E-state index contributed by atoms with van der Waals surface area (Å²) in [4.78, 5) is 12.1. The maximum absolute atomic E-state index is 12.4. The van der Waals surface area contributed by atoms with Crippen molar-refractivity contribution in [1.82, 2.24) is 5.32 Å². The third-order valence-corrected chi connectivity index (χ3v) is 3.50. The Morgan fingerprint density at radius 3 is 2.42 bits per heavy atom. The van der Waals surface area contributed by atoms with E-state index in [1.807, 2.05) is 20.8 Å². The molecule has 3 nitrogen and oxygen atoms in total. The third-order valence-electron chi connectivity index (χ3n) is 2.71. The van der Waals surface area contributed by atoms with Gasteiger partial charge in [-0.3, -0.25) is 0 Å². The van der Waals surface area contributed by atoms with Gasteiger partial charge < -0.3 is 10.6 Å². The van der Waals surface area contributed by atoms with Crippen LogP contribution in [-0.4, -0.2) is 17.8 Å². The highest BCUT2D eigenvalue weighted by Crippen LogP contribution is 2.31. The van der Waals surface area contributed by atoms with Crippen molar-refractivity contribution < 1.29 is 13.6 Å². The number of carbonyl (C=O) groups excluding carboxylic acids is 1. The summed E-state index contributed by atoms with van der Waals surface area (Å²) in [6.07, 6.45) is 0. The van der Waals surface area contributed by atoms with Gasteiger partial charge in [0.05, 0.1) is 5.69 Å². The summed E-state index contributed by atoms with van der Waals surface area (Å²) in [5.74, 6) is -2.21. The molecule has 0 bridgehead atoms. The normalized spacial score (nSPS) is 12.6. The maximum Gasteiger partial charge on any atom is 0.319 e. The van der Waals surface area contributed by atoms with Gasteiger partial charge in [0.15, 0.2) is 0 Å². The number of nitrogens with one attached hydrogen (secondary N) is 2. The summed E-state index contributed by atoms with van der Waals surface area (Å²) in [6.45, 7) is 5.88. The molecule has 0 aliphatic heterocycles. The minimum atomic E-state index is -2.51. The molecule has 6 heteroatoms. The Morgan fingerprint density at radius 2 is 1.84 bits per heavy atom. The Kier molecular flexibility index (Phi) is 6.08. The van der Waals surface area contributed by atoms with E-state index in [0.717, 1.165) is 0 Å². The molecule has 0 fully saturated rings. The van der Waals surface area contributed by atoms with Crippen molar-refractivity contribution in [2.24, 2.45) is 5.92 Å². The summed E-state index contributed by atoms with van der Waals surface area (Å²) in [6, 6.07) is 6.13. The molecule has 0 aliphatic rings. The van der Waals surface area contributed by atoms with Gasteiger partial charge >= 0.3 is 6.03 Å². The minimum absolute atomic E-state index is 0.00918. The first kappa shape index (κ1) is 15.8. The maximum atomic E-state index is 12.4. The summed E-state index contributed by atoms with van der Waals surface area (Å²) >= 11 is 0.416. The van der Waals surface area contributed by atoms with Crippen LogP contribution in [0.15, 0.2) is 29.2 Å².